The molecule has 1 heterocycles. The Balaban J connectivity index is 1.96. The van der Waals surface area contributed by atoms with Crippen LogP contribution in [0, 0.1) is 11.8 Å². The number of pyridine rings is 1. The Kier molecular flexibility index (Phi) is 3.87. The number of ether oxygens (including phenoxy) is 1. The molecular formula is C14H22N2O. The predicted molar refractivity (Wildman–Crippen MR) is 70.4 cm³/mol. The van der Waals surface area contributed by atoms with Crippen LogP contribution in [-0.4, -0.2) is 18.1 Å². The van der Waals surface area contributed by atoms with E-state index in [-0.39, 0.29) is 0 Å². The van der Waals surface area contributed by atoms with E-state index in [4.69, 9.17) is 4.74 Å². The lowest BCUT2D eigenvalue weighted by Crippen LogP contribution is -2.28. The highest BCUT2D eigenvalue weighted by Crippen LogP contribution is 2.31. The molecule has 1 aliphatic rings. The number of rotatable bonds is 3. The molecule has 3 nitrogen and oxygen atoms in total. The molecule has 0 aliphatic heterocycles. The summed E-state index contributed by atoms with van der Waals surface area (Å²) in [5.74, 6) is 3.38. The van der Waals surface area contributed by atoms with Crippen molar-refractivity contribution in [1.29, 1.82) is 0 Å². The quantitative estimate of drug-likeness (QED) is 0.871. The van der Waals surface area contributed by atoms with Gasteiger partial charge in [-0.2, -0.15) is 0 Å². The van der Waals surface area contributed by atoms with Crippen molar-refractivity contribution < 1.29 is 4.74 Å². The van der Waals surface area contributed by atoms with Crippen LogP contribution in [0.5, 0.6) is 5.75 Å². The van der Waals surface area contributed by atoms with Crippen LogP contribution in [0.4, 0.5) is 5.82 Å². The molecule has 17 heavy (non-hydrogen) atoms. The van der Waals surface area contributed by atoms with Gasteiger partial charge < -0.3 is 10.1 Å². The maximum absolute atomic E-state index is 6.04. The smallest absolute Gasteiger partial charge is 0.129 e. The topological polar surface area (TPSA) is 34.1 Å². The van der Waals surface area contributed by atoms with Gasteiger partial charge in [-0.1, -0.05) is 13.8 Å². The van der Waals surface area contributed by atoms with Crippen LogP contribution in [0.3, 0.4) is 0 Å². The van der Waals surface area contributed by atoms with Crippen LogP contribution >= 0.6 is 0 Å². The van der Waals surface area contributed by atoms with Gasteiger partial charge in [-0.25, -0.2) is 4.98 Å². The van der Waals surface area contributed by atoms with E-state index in [2.05, 4.69) is 24.1 Å². The number of aromatic nitrogens is 1. The maximum Gasteiger partial charge on any atom is 0.129 e. The zero-order valence-electron chi connectivity index (χ0n) is 10.9. The molecule has 1 aromatic rings. The molecule has 0 saturated heterocycles. The molecule has 1 saturated carbocycles. The molecular weight excluding hydrogens is 212 g/mol. The molecule has 3 heteroatoms. The first kappa shape index (κ1) is 12.2. The van der Waals surface area contributed by atoms with E-state index < -0.39 is 0 Å². The lowest BCUT2D eigenvalue weighted by Gasteiger charge is -2.32. The van der Waals surface area contributed by atoms with Crippen molar-refractivity contribution in [2.45, 2.75) is 39.2 Å². The number of nitrogens with zero attached hydrogens (tertiary/aromatic N) is 1. The Bertz CT molecular complexity index is 367. The molecule has 0 bridgehead atoms. The summed E-state index contributed by atoms with van der Waals surface area (Å²) in [6.07, 6.45) is 5.76. The van der Waals surface area contributed by atoms with E-state index >= 15 is 0 Å². The summed E-state index contributed by atoms with van der Waals surface area (Å²) in [6, 6.07) is 3.90. The largest absolute Gasteiger partial charge is 0.490 e. The second-order valence-electron chi connectivity index (χ2n) is 5.13. The zero-order valence-corrected chi connectivity index (χ0v) is 10.9. The Morgan fingerprint density at radius 1 is 1.29 bits per heavy atom. The van der Waals surface area contributed by atoms with Gasteiger partial charge in [0.05, 0.1) is 6.10 Å². The third kappa shape index (κ3) is 3.11. The Morgan fingerprint density at radius 3 is 2.82 bits per heavy atom. The standard InChI is InChI=1S/C14H22N2O/c1-10-4-5-12(8-11(10)2)17-13-6-7-16-14(9-13)15-3/h6-7,9-12H,4-5,8H2,1-3H3,(H,15,16). The molecule has 3 atom stereocenters. The summed E-state index contributed by atoms with van der Waals surface area (Å²) < 4.78 is 6.04. The maximum atomic E-state index is 6.04. The van der Waals surface area contributed by atoms with Gasteiger partial charge >= 0.3 is 0 Å². The number of hydrogen-bond acceptors (Lipinski definition) is 3. The van der Waals surface area contributed by atoms with Crippen molar-refractivity contribution in [1.82, 2.24) is 4.98 Å². The van der Waals surface area contributed by atoms with Gasteiger partial charge in [0.15, 0.2) is 0 Å². The number of anilines is 1. The van der Waals surface area contributed by atoms with Gasteiger partial charge in [0.1, 0.15) is 11.6 Å². The first-order valence-electron chi connectivity index (χ1n) is 6.49. The fourth-order valence-corrected chi connectivity index (χ4v) is 2.42. The summed E-state index contributed by atoms with van der Waals surface area (Å²) >= 11 is 0. The molecule has 0 aromatic carbocycles. The van der Waals surface area contributed by atoms with Crippen LogP contribution in [0.15, 0.2) is 18.3 Å². The average molecular weight is 234 g/mol. The molecule has 94 valence electrons. The fourth-order valence-electron chi connectivity index (χ4n) is 2.42. The van der Waals surface area contributed by atoms with E-state index in [9.17, 15) is 0 Å². The monoisotopic (exact) mass is 234 g/mol. The molecule has 1 fully saturated rings. The second-order valence-corrected chi connectivity index (χ2v) is 5.13. The summed E-state index contributed by atoms with van der Waals surface area (Å²) in [4.78, 5) is 4.19. The summed E-state index contributed by atoms with van der Waals surface area (Å²) in [5.41, 5.74) is 0. The van der Waals surface area contributed by atoms with E-state index in [1.807, 2.05) is 19.2 Å². The van der Waals surface area contributed by atoms with Crippen molar-refractivity contribution in [2.75, 3.05) is 12.4 Å². The normalized spacial score (nSPS) is 28.8. The first-order chi connectivity index (χ1) is 8.19. The van der Waals surface area contributed by atoms with Crippen molar-refractivity contribution in [3.8, 4) is 5.75 Å². The number of nitrogens with one attached hydrogen (secondary N) is 1. The van der Waals surface area contributed by atoms with Crippen molar-refractivity contribution in [2.24, 2.45) is 11.8 Å². The van der Waals surface area contributed by atoms with Crippen molar-refractivity contribution in [3.63, 3.8) is 0 Å². The summed E-state index contributed by atoms with van der Waals surface area (Å²) in [5, 5.41) is 3.03. The van der Waals surface area contributed by atoms with Crippen LogP contribution in [-0.2, 0) is 0 Å². The minimum absolute atomic E-state index is 0.369. The van der Waals surface area contributed by atoms with Gasteiger partial charge in [-0.05, 0) is 37.2 Å². The summed E-state index contributed by atoms with van der Waals surface area (Å²) in [6.45, 7) is 4.66. The van der Waals surface area contributed by atoms with Crippen LogP contribution in [0.25, 0.3) is 0 Å². The Labute approximate surface area is 104 Å². The van der Waals surface area contributed by atoms with E-state index in [0.29, 0.717) is 6.10 Å². The van der Waals surface area contributed by atoms with Crippen molar-refractivity contribution >= 4 is 5.82 Å². The van der Waals surface area contributed by atoms with Crippen LogP contribution in [0.2, 0.25) is 0 Å². The molecule has 1 aromatic heterocycles. The second kappa shape index (κ2) is 5.39. The van der Waals surface area contributed by atoms with Gasteiger partial charge in [-0.3, -0.25) is 0 Å². The summed E-state index contributed by atoms with van der Waals surface area (Å²) in [7, 11) is 1.87. The third-order valence-electron chi connectivity index (χ3n) is 3.84. The number of hydrogen-bond donors (Lipinski definition) is 1. The molecule has 0 radical (unpaired) electrons. The highest BCUT2D eigenvalue weighted by atomic mass is 16.5. The molecule has 2 rings (SSSR count). The Morgan fingerprint density at radius 2 is 2.12 bits per heavy atom. The van der Waals surface area contributed by atoms with Crippen molar-refractivity contribution in [3.05, 3.63) is 18.3 Å². The lowest BCUT2D eigenvalue weighted by molar-refractivity contribution is 0.101. The highest BCUT2D eigenvalue weighted by Gasteiger charge is 2.25. The minimum atomic E-state index is 0.369. The zero-order chi connectivity index (χ0) is 12.3. The molecule has 3 unspecified atom stereocenters. The Hall–Kier alpha value is -1.25. The van der Waals surface area contributed by atoms with Crippen LogP contribution in [0.1, 0.15) is 33.1 Å². The fraction of sp³-hybridized carbons (Fsp3) is 0.643. The predicted octanol–water partition coefficient (Wildman–Crippen LogP) is 3.33. The highest BCUT2D eigenvalue weighted by molar-refractivity contribution is 5.39. The van der Waals surface area contributed by atoms with Crippen LogP contribution < -0.4 is 10.1 Å². The minimum Gasteiger partial charge on any atom is -0.490 e. The van der Waals surface area contributed by atoms with Gasteiger partial charge in [0.2, 0.25) is 0 Å². The third-order valence-corrected chi connectivity index (χ3v) is 3.84. The van der Waals surface area contributed by atoms with Gasteiger partial charge in [0, 0.05) is 19.3 Å². The van der Waals surface area contributed by atoms with Gasteiger partial charge in [0.25, 0.3) is 0 Å². The molecule has 0 spiro atoms. The average Bonchev–Trinajstić information content (AvgIpc) is 2.34. The van der Waals surface area contributed by atoms with E-state index in [1.54, 1.807) is 6.20 Å². The molecule has 1 aliphatic carbocycles. The van der Waals surface area contributed by atoms with Gasteiger partial charge in [-0.15, -0.1) is 0 Å². The SMILES string of the molecule is CNc1cc(OC2CCC(C)C(C)C2)ccn1. The van der Waals surface area contributed by atoms with E-state index in [0.717, 1.165) is 23.4 Å². The van der Waals surface area contributed by atoms with E-state index in [1.165, 1.54) is 19.3 Å². The molecule has 1 N–H and O–H groups in total. The molecule has 0 amide bonds. The first-order valence-corrected chi connectivity index (χ1v) is 6.49. The lowest BCUT2D eigenvalue weighted by atomic mass is 9.80.